The van der Waals surface area contributed by atoms with Gasteiger partial charge in [-0.25, -0.2) is 0 Å². The van der Waals surface area contributed by atoms with Crippen LogP contribution in [0.3, 0.4) is 0 Å². The molecule has 5 nitrogen and oxygen atoms in total. The molecule has 2 saturated heterocycles. The highest BCUT2D eigenvalue weighted by atomic mass is 16.5. The lowest BCUT2D eigenvalue weighted by Gasteiger charge is -2.24. The Balaban J connectivity index is 1.76. The van der Waals surface area contributed by atoms with E-state index in [1.807, 2.05) is 24.3 Å². The Morgan fingerprint density at radius 2 is 2.18 bits per heavy atom. The zero-order valence-corrected chi connectivity index (χ0v) is 12.5. The van der Waals surface area contributed by atoms with Gasteiger partial charge in [-0.2, -0.15) is 0 Å². The minimum absolute atomic E-state index is 0.0297. The number of hydrogen-bond donors (Lipinski definition) is 1. The highest BCUT2D eigenvalue weighted by Crippen LogP contribution is 2.27. The van der Waals surface area contributed by atoms with Gasteiger partial charge in [-0.15, -0.1) is 0 Å². The Morgan fingerprint density at radius 1 is 1.32 bits per heavy atom. The lowest BCUT2D eigenvalue weighted by atomic mass is 9.96. The Hall–Kier alpha value is -1.88. The van der Waals surface area contributed by atoms with Crippen LogP contribution in [0.15, 0.2) is 24.3 Å². The molecule has 1 aromatic carbocycles. The molecule has 22 heavy (non-hydrogen) atoms. The van der Waals surface area contributed by atoms with Gasteiger partial charge >= 0.3 is 5.97 Å². The number of carboxylic acid groups (broad SMARTS) is 1. The van der Waals surface area contributed by atoms with Crippen LogP contribution >= 0.6 is 0 Å². The second kappa shape index (κ2) is 6.48. The predicted molar refractivity (Wildman–Crippen MR) is 80.9 cm³/mol. The molecule has 2 aliphatic rings. The maximum absolute atomic E-state index is 12.7. The maximum Gasteiger partial charge on any atom is 0.305 e. The summed E-state index contributed by atoms with van der Waals surface area (Å²) in [6, 6.07) is 7.52. The van der Waals surface area contributed by atoms with Crippen LogP contribution in [0, 0.1) is 0 Å². The third kappa shape index (κ3) is 3.14. The summed E-state index contributed by atoms with van der Waals surface area (Å²) < 4.78 is 5.41. The molecule has 0 radical (unpaired) electrons. The molecule has 3 rings (SSSR count). The second-order valence-electron chi connectivity index (χ2n) is 6.08. The van der Waals surface area contributed by atoms with Crippen molar-refractivity contribution < 1.29 is 19.4 Å². The third-order valence-corrected chi connectivity index (χ3v) is 4.58. The molecule has 0 aliphatic carbocycles. The maximum atomic E-state index is 12.7. The summed E-state index contributed by atoms with van der Waals surface area (Å²) in [7, 11) is 0. The van der Waals surface area contributed by atoms with E-state index in [2.05, 4.69) is 0 Å². The number of aliphatic carboxylic acids is 1. The first-order chi connectivity index (χ1) is 10.6. The highest BCUT2D eigenvalue weighted by Gasteiger charge is 2.31. The average molecular weight is 303 g/mol. The van der Waals surface area contributed by atoms with Gasteiger partial charge < -0.3 is 14.7 Å². The van der Waals surface area contributed by atoms with Gasteiger partial charge in [0.15, 0.2) is 0 Å². The molecule has 1 N–H and O–H groups in total. The number of ether oxygens (including phenoxy) is 1. The number of carbonyl (C=O) groups excluding carboxylic acids is 1. The lowest BCUT2D eigenvalue weighted by Crippen LogP contribution is -2.36. The molecule has 0 bridgehead atoms. The summed E-state index contributed by atoms with van der Waals surface area (Å²) in [6.45, 7) is 2.13. The van der Waals surface area contributed by atoms with Gasteiger partial charge in [0, 0.05) is 30.7 Å². The van der Waals surface area contributed by atoms with Crippen molar-refractivity contribution in [3.05, 3.63) is 35.4 Å². The van der Waals surface area contributed by atoms with Gasteiger partial charge in [0.2, 0.25) is 0 Å². The molecule has 0 saturated carbocycles. The van der Waals surface area contributed by atoms with Gasteiger partial charge in [0.1, 0.15) is 0 Å². The van der Waals surface area contributed by atoms with Crippen LogP contribution < -0.4 is 0 Å². The van der Waals surface area contributed by atoms with Crippen molar-refractivity contribution in [3.63, 3.8) is 0 Å². The fraction of sp³-hybridized carbons (Fsp3) is 0.529. The number of carboxylic acids is 1. The van der Waals surface area contributed by atoms with E-state index in [0.29, 0.717) is 24.6 Å². The van der Waals surface area contributed by atoms with Crippen molar-refractivity contribution in [2.24, 2.45) is 0 Å². The van der Waals surface area contributed by atoms with Crippen LogP contribution in [0.1, 0.15) is 47.5 Å². The van der Waals surface area contributed by atoms with E-state index < -0.39 is 5.97 Å². The van der Waals surface area contributed by atoms with Crippen LogP contribution in [-0.2, 0) is 9.53 Å². The van der Waals surface area contributed by atoms with E-state index in [1.165, 1.54) is 0 Å². The molecule has 2 atom stereocenters. The van der Waals surface area contributed by atoms with E-state index in [0.717, 1.165) is 31.4 Å². The van der Waals surface area contributed by atoms with Crippen LogP contribution in [0.2, 0.25) is 0 Å². The Morgan fingerprint density at radius 3 is 2.91 bits per heavy atom. The van der Waals surface area contributed by atoms with Gasteiger partial charge in [-0.05, 0) is 37.0 Å². The average Bonchev–Trinajstić information content (AvgIpc) is 3.17. The minimum Gasteiger partial charge on any atom is -0.481 e. The quantitative estimate of drug-likeness (QED) is 0.926. The molecule has 2 unspecified atom stereocenters. The first-order valence-corrected chi connectivity index (χ1v) is 7.85. The standard InChI is InChI=1S/C17H21NO4/c19-16(20)10-15-5-2-7-18(15)17(21)13-4-1-3-12(9-13)14-6-8-22-11-14/h1,3-4,9,14-15H,2,5-8,10-11H2,(H,19,20). The van der Waals surface area contributed by atoms with E-state index >= 15 is 0 Å². The zero-order valence-electron chi connectivity index (χ0n) is 12.5. The van der Waals surface area contributed by atoms with Gasteiger partial charge in [-0.1, -0.05) is 12.1 Å². The monoisotopic (exact) mass is 303 g/mol. The molecular formula is C17H21NO4. The van der Waals surface area contributed by atoms with Crippen LogP contribution in [-0.4, -0.2) is 47.7 Å². The molecule has 1 amide bonds. The highest BCUT2D eigenvalue weighted by molar-refractivity contribution is 5.95. The number of rotatable bonds is 4. The zero-order chi connectivity index (χ0) is 15.5. The molecule has 0 aromatic heterocycles. The lowest BCUT2D eigenvalue weighted by molar-refractivity contribution is -0.137. The summed E-state index contributed by atoms with van der Waals surface area (Å²) in [5.74, 6) is -0.535. The molecule has 2 heterocycles. The minimum atomic E-state index is -0.846. The van der Waals surface area contributed by atoms with Crippen molar-refractivity contribution >= 4 is 11.9 Å². The number of nitrogens with zero attached hydrogens (tertiary/aromatic N) is 1. The molecule has 1 aromatic rings. The number of carbonyl (C=O) groups is 2. The predicted octanol–water partition coefficient (Wildman–Crippen LogP) is 2.27. The van der Waals surface area contributed by atoms with Crippen molar-refractivity contribution in [1.82, 2.24) is 4.90 Å². The fourth-order valence-electron chi connectivity index (χ4n) is 3.41. The molecular weight excluding hydrogens is 282 g/mol. The summed E-state index contributed by atoms with van der Waals surface area (Å²) >= 11 is 0. The molecule has 118 valence electrons. The van der Waals surface area contributed by atoms with Crippen molar-refractivity contribution in [2.45, 2.75) is 37.6 Å². The smallest absolute Gasteiger partial charge is 0.305 e. The van der Waals surface area contributed by atoms with Crippen LogP contribution in [0.25, 0.3) is 0 Å². The van der Waals surface area contributed by atoms with Crippen LogP contribution in [0.4, 0.5) is 0 Å². The summed E-state index contributed by atoms with van der Waals surface area (Å²) in [5.41, 5.74) is 1.79. The number of likely N-dealkylation sites (tertiary alicyclic amines) is 1. The Labute approximate surface area is 129 Å². The fourth-order valence-corrected chi connectivity index (χ4v) is 3.41. The summed E-state index contributed by atoms with van der Waals surface area (Å²) in [6.07, 6.45) is 2.67. The number of amides is 1. The normalized spacial score (nSPS) is 24.6. The van der Waals surface area contributed by atoms with Gasteiger partial charge in [0.25, 0.3) is 5.91 Å². The van der Waals surface area contributed by atoms with Gasteiger partial charge in [-0.3, -0.25) is 9.59 Å². The summed E-state index contributed by atoms with van der Waals surface area (Å²) in [5, 5.41) is 8.98. The molecule has 2 aliphatic heterocycles. The summed E-state index contributed by atoms with van der Waals surface area (Å²) in [4.78, 5) is 25.4. The molecule has 2 fully saturated rings. The first kappa shape index (κ1) is 15.0. The molecule has 5 heteroatoms. The SMILES string of the molecule is O=C(O)CC1CCCN1C(=O)c1cccc(C2CCOC2)c1. The topological polar surface area (TPSA) is 66.8 Å². The van der Waals surface area contributed by atoms with E-state index in [4.69, 9.17) is 9.84 Å². The van der Waals surface area contributed by atoms with Crippen molar-refractivity contribution in [1.29, 1.82) is 0 Å². The van der Waals surface area contributed by atoms with E-state index in [-0.39, 0.29) is 18.4 Å². The number of benzene rings is 1. The van der Waals surface area contributed by atoms with Crippen molar-refractivity contribution in [2.75, 3.05) is 19.8 Å². The van der Waals surface area contributed by atoms with E-state index in [1.54, 1.807) is 4.90 Å². The van der Waals surface area contributed by atoms with Crippen molar-refractivity contribution in [3.8, 4) is 0 Å². The largest absolute Gasteiger partial charge is 0.481 e. The molecule has 0 spiro atoms. The van der Waals surface area contributed by atoms with Gasteiger partial charge in [0.05, 0.1) is 13.0 Å². The Bertz CT molecular complexity index is 566. The third-order valence-electron chi connectivity index (χ3n) is 4.58. The second-order valence-corrected chi connectivity index (χ2v) is 6.08. The Kier molecular flexibility index (Phi) is 4.43. The first-order valence-electron chi connectivity index (χ1n) is 7.85. The van der Waals surface area contributed by atoms with Crippen LogP contribution in [0.5, 0.6) is 0 Å². The number of hydrogen-bond acceptors (Lipinski definition) is 3. The van der Waals surface area contributed by atoms with E-state index in [9.17, 15) is 9.59 Å².